The van der Waals surface area contributed by atoms with Crippen LogP contribution in [0.5, 0.6) is 0 Å². The molecular weight excluding hydrogens is 200 g/mol. The van der Waals surface area contributed by atoms with Gasteiger partial charge in [-0.1, -0.05) is 0 Å². The molecule has 0 spiro atoms. The minimum atomic E-state index is -0.317. The van der Waals surface area contributed by atoms with Crippen LogP contribution < -0.4 is 5.48 Å². The van der Waals surface area contributed by atoms with E-state index in [2.05, 4.69) is 5.48 Å². The summed E-state index contributed by atoms with van der Waals surface area (Å²) in [6.07, 6.45) is 4.55. The van der Waals surface area contributed by atoms with Crippen molar-refractivity contribution in [1.29, 1.82) is 0 Å². The molecule has 0 aliphatic carbocycles. The number of aliphatic hydroxyl groups excluding tert-OH is 2. The Labute approximate surface area is 87.4 Å². The van der Waals surface area contributed by atoms with Gasteiger partial charge in [-0.25, -0.2) is 5.48 Å². The van der Waals surface area contributed by atoms with Crippen LogP contribution in [0.3, 0.4) is 0 Å². The van der Waals surface area contributed by atoms with E-state index in [1.165, 1.54) is 11.2 Å². The Bertz CT molecular complexity index is 269. The molecule has 0 saturated heterocycles. The lowest BCUT2D eigenvalue weighted by Gasteiger charge is -2.22. The summed E-state index contributed by atoms with van der Waals surface area (Å²) in [5, 5.41) is 17.5. The normalized spacial score (nSPS) is 13.9. The monoisotopic (exact) mass is 214 g/mol. The molecule has 1 heterocycles. The van der Waals surface area contributed by atoms with Gasteiger partial charge in [-0.3, -0.25) is 4.79 Å². The van der Waals surface area contributed by atoms with E-state index in [-0.39, 0.29) is 37.9 Å². The molecule has 84 valence electrons. The summed E-state index contributed by atoms with van der Waals surface area (Å²) in [6, 6.07) is 0. The van der Waals surface area contributed by atoms with Crippen LogP contribution >= 0.6 is 0 Å². The maximum absolute atomic E-state index is 11.7. The lowest BCUT2D eigenvalue weighted by atomic mass is 10.3. The fraction of sp³-hybridized carbons (Fsp3) is 0.444. The third-order valence-electron chi connectivity index (χ3n) is 1.84. The van der Waals surface area contributed by atoms with Gasteiger partial charge in [-0.05, 0) is 12.2 Å². The average molecular weight is 214 g/mol. The number of amides is 1. The van der Waals surface area contributed by atoms with E-state index >= 15 is 0 Å². The number of carbonyl (C=O) groups excluding carboxylic acids is 1. The van der Waals surface area contributed by atoms with E-state index in [0.29, 0.717) is 0 Å². The molecule has 0 aromatic rings. The Hall–Kier alpha value is -1.53. The molecule has 6 nitrogen and oxygen atoms in total. The van der Waals surface area contributed by atoms with Gasteiger partial charge < -0.3 is 20.0 Å². The summed E-state index contributed by atoms with van der Waals surface area (Å²) in [5.74, 6) is -0.317. The van der Waals surface area contributed by atoms with E-state index < -0.39 is 0 Å². The van der Waals surface area contributed by atoms with Crippen LogP contribution in [-0.4, -0.2) is 47.3 Å². The van der Waals surface area contributed by atoms with Gasteiger partial charge in [-0.2, -0.15) is 0 Å². The summed E-state index contributed by atoms with van der Waals surface area (Å²) >= 11 is 0. The fourth-order valence-electron chi connectivity index (χ4n) is 1.15. The molecule has 1 rings (SSSR count). The van der Waals surface area contributed by atoms with E-state index in [0.717, 1.165) is 0 Å². The lowest BCUT2D eigenvalue weighted by molar-refractivity contribution is -0.129. The fourth-order valence-corrected chi connectivity index (χ4v) is 1.15. The van der Waals surface area contributed by atoms with Crippen molar-refractivity contribution in [3.63, 3.8) is 0 Å². The molecule has 6 heteroatoms. The van der Waals surface area contributed by atoms with Crippen molar-refractivity contribution in [2.75, 3.05) is 26.3 Å². The second-order valence-electron chi connectivity index (χ2n) is 2.87. The average Bonchev–Trinajstić information content (AvgIpc) is 2.29. The predicted molar refractivity (Wildman–Crippen MR) is 52.2 cm³/mol. The van der Waals surface area contributed by atoms with Crippen molar-refractivity contribution in [2.24, 2.45) is 0 Å². The smallest absolute Gasteiger partial charge is 0.273 e. The summed E-state index contributed by atoms with van der Waals surface area (Å²) in [7, 11) is 0. The number of nitrogens with zero attached hydrogens (tertiary/aromatic N) is 1. The minimum absolute atomic E-state index is 0.143. The molecule has 0 aromatic heterocycles. The predicted octanol–water partition coefficient (Wildman–Crippen LogP) is -1.27. The zero-order chi connectivity index (χ0) is 11.1. The van der Waals surface area contributed by atoms with Crippen LogP contribution in [0.1, 0.15) is 0 Å². The van der Waals surface area contributed by atoms with Crippen molar-refractivity contribution in [2.45, 2.75) is 0 Å². The van der Waals surface area contributed by atoms with Crippen molar-refractivity contribution < 1.29 is 19.8 Å². The molecule has 0 unspecified atom stereocenters. The molecule has 0 aromatic carbocycles. The van der Waals surface area contributed by atoms with Crippen LogP contribution in [0.15, 0.2) is 24.1 Å². The number of hydrogen-bond donors (Lipinski definition) is 3. The van der Waals surface area contributed by atoms with Crippen LogP contribution in [0.4, 0.5) is 0 Å². The number of nitrogens with one attached hydrogen (secondary N) is 1. The first kappa shape index (κ1) is 11.5. The highest BCUT2D eigenvalue weighted by Gasteiger charge is 2.18. The molecule has 3 N–H and O–H groups in total. The minimum Gasteiger partial charge on any atom is -0.395 e. The first-order valence-electron chi connectivity index (χ1n) is 4.59. The Kier molecular flexibility index (Phi) is 4.65. The number of rotatable bonds is 5. The SMILES string of the molecule is O=C(C1=CC=CON1)N(CCO)CCO. The van der Waals surface area contributed by atoms with Crippen LogP contribution in [0.25, 0.3) is 0 Å². The van der Waals surface area contributed by atoms with Gasteiger partial charge in [0.2, 0.25) is 0 Å². The summed E-state index contributed by atoms with van der Waals surface area (Å²) in [5.41, 5.74) is 2.71. The van der Waals surface area contributed by atoms with Gasteiger partial charge in [0, 0.05) is 13.1 Å². The van der Waals surface area contributed by atoms with Crippen molar-refractivity contribution >= 4 is 5.91 Å². The molecule has 15 heavy (non-hydrogen) atoms. The molecule has 1 aliphatic rings. The van der Waals surface area contributed by atoms with Crippen molar-refractivity contribution in [1.82, 2.24) is 10.4 Å². The first-order valence-corrected chi connectivity index (χ1v) is 4.59. The largest absolute Gasteiger partial charge is 0.395 e. The van der Waals surface area contributed by atoms with Crippen LogP contribution in [0.2, 0.25) is 0 Å². The van der Waals surface area contributed by atoms with E-state index in [1.54, 1.807) is 12.2 Å². The molecule has 0 saturated carbocycles. The Morgan fingerprint density at radius 3 is 2.53 bits per heavy atom. The Balaban J connectivity index is 2.61. The Morgan fingerprint density at radius 1 is 1.40 bits per heavy atom. The van der Waals surface area contributed by atoms with Gasteiger partial charge in [0.05, 0.1) is 13.2 Å². The van der Waals surface area contributed by atoms with Crippen molar-refractivity contribution in [3.8, 4) is 0 Å². The highest BCUT2D eigenvalue weighted by Crippen LogP contribution is 2.03. The van der Waals surface area contributed by atoms with Crippen LogP contribution in [-0.2, 0) is 9.63 Å². The molecular formula is C9H14N2O4. The quantitative estimate of drug-likeness (QED) is 0.531. The van der Waals surface area contributed by atoms with Crippen molar-refractivity contribution in [3.05, 3.63) is 24.1 Å². The number of aliphatic hydroxyl groups is 2. The van der Waals surface area contributed by atoms with E-state index in [4.69, 9.17) is 15.1 Å². The van der Waals surface area contributed by atoms with E-state index in [9.17, 15) is 4.79 Å². The first-order chi connectivity index (χ1) is 7.29. The second kappa shape index (κ2) is 6.05. The van der Waals surface area contributed by atoms with Gasteiger partial charge in [0.15, 0.2) is 0 Å². The third kappa shape index (κ3) is 3.26. The maximum atomic E-state index is 11.7. The molecule has 1 aliphatic heterocycles. The maximum Gasteiger partial charge on any atom is 0.273 e. The number of allylic oxidation sites excluding steroid dienone is 2. The number of carbonyl (C=O) groups is 1. The zero-order valence-corrected chi connectivity index (χ0v) is 8.22. The zero-order valence-electron chi connectivity index (χ0n) is 8.22. The Morgan fingerprint density at radius 2 is 2.07 bits per heavy atom. The molecule has 0 radical (unpaired) electrons. The van der Waals surface area contributed by atoms with Gasteiger partial charge in [0.1, 0.15) is 12.0 Å². The van der Waals surface area contributed by atoms with Crippen LogP contribution in [0, 0.1) is 0 Å². The summed E-state index contributed by atoms with van der Waals surface area (Å²) in [4.78, 5) is 17.8. The number of hydroxylamine groups is 1. The molecule has 0 bridgehead atoms. The standard InChI is InChI=1S/C9H14N2O4/c12-5-3-11(4-6-13)9(14)8-2-1-7-15-10-8/h1-2,7,10,12-13H,3-6H2. The molecule has 1 amide bonds. The molecule has 0 atom stereocenters. The lowest BCUT2D eigenvalue weighted by Crippen LogP contribution is -2.40. The summed E-state index contributed by atoms with van der Waals surface area (Å²) in [6.45, 7) is 0.0791. The number of hydrogen-bond acceptors (Lipinski definition) is 5. The van der Waals surface area contributed by atoms with Gasteiger partial charge in [0.25, 0.3) is 5.91 Å². The third-order valence-corrected chi connectivity index (χ3v) is 1.84. The van der Waals surface area contributed by atoms with Gasteiger partial charge in [-0.15, -0.1) is 0 Å². The summed E-state index contributed by atoms with van der Waals surface area (Å²) < 4.78 is 0. The van der Waals surface area contributed by atoms with E-state index in [1.807, 2.05) is 0 Å². The topological polar surface area (TPSA) is 82.0 Å². The second-order valence-corrected chi connectivity index (χ2v) is 2.87. The highest BCUT2D eigenvalue weighted by atomic mass is 16.6. The molecule has 0 fully saturated rings. The van der Waals surface area contributed by atoms with Gasteiger partial charge >= 0.3 is 0 Å². The highest BCUT2D eigenvalue weighted by molar-refractivity contribution is 5.93.